The third-order valence-corrected chi connectivity index (χ3v) is 4.76. The number of hydrogen-bond donors (Lipinski definition) is 1. The van der Waals surface area contributed by atoms with Crippen LogP contribution >= 0.6 is 15.9 Å². The van der Waals surface area contributed by atoms with Gasteiger partial charge in [0.15, 0.2) is 0 Å². The number of hydrogen-bond acceptors (Lipinski definition) is 1. The van der Waals surface area contributed by atoms with Crippen molar-refractivity contribution in [3.8, 4) is 0 Å². The van der Waals surface area contributed by atoms with Gasteiger partial charge in [-0.25, -0.2) is 0 Å². The van der Waals surface area contributed by atoms with Crippen LogP contribution in [-0.2, 0) is 0 Å². The zero-order chi connectivity index (χ0) is 13.8. The van der Waals surface area contributed by atoms with Crippen molar-refractivity contribution in [2.75, 3.05) is 5.32 Å². The summed E-state index contributed by atoms with van der Waals surface area (Å²) in [5.41, 5.74) is 2.58. The van der Waals surface area contributed by atoms with Crippen molar-refractivity contribution < 1.29 is 0 Å². The molecule has 0 radical (unpaired) electrons. The van der Waals surface area contributed by atoms with Gasteiger partial charge >= 0.3 is 0 Å². The minimum Gasteiger partial charge on any atom is -0.381 e. The Kier molecular flexibility index (Phi) is 5.32. The molecule has 0 bridgehead atoms. The highest BCUT2D eigenvalue weighted by atomic mass is 79.9. The predicted octanol–water partition coefficient (Wildman–Crippen LogP) is 5.77. The van der Waals surface area contributed by atoms with Gasteiger partial charge in [0, 0.05) is 16.2 Å². The van der Waals surface area contributed by atoms with Crippen molar-refractivity contribution in [1.29, 1.82) is 0 Å². The second-order valence-corrected chi connectivity index (χ2v) is 7.34. The summed E-state index contributed by atoms with van der Waals surface area (Å²) in [6.07, 6.45) is 6.82. The Morgan fingerprint density at radius 2 is 2.11 bits per heavy atom. The van der Waals surface area contributed by atoms with Gasteiger partial charge in [0.1, 0.15) is 0 Å². The van der Waals surface area contributed by atoms with Crippen LogP contribution in [0.15, 0.2) is 22.7 Å². The summed E-state index contributed by atoms with van der Waals surface area (Å²) in [6.45, 7) is 6.84. The van der Waals surface area contributed by atoms with Crippen molar-refractivity contribution in [1.82, 2.24) is 0 Å². The first-order valence-electron chi connectivity index (χ1n) is 7.57. The van der Waals surface area contributed by atoms with Gasteiger partial charge in [0.25, 0.3) is 0 Å². The molecule has 2 atom stereocenters. The minimum absolute atomic E-state index is 0.649. The van der Waals surface area contributed by atoms with Crippen molar-refractivity contribution in [3.05, 3.63) is 28.2 Å². The van der Waals surface area contributed by atoms with Gasteiger partial charge in [0.05, 0.1) is 0 Å². The first-order chi connectivity index (χ1) is 9.04. The number of nitrogens with one attached hydrogen (secondary N) is 1. The van der Waals surface area contributed by atoms with E-state index in [0.29, 0.717) is 6.04 Å². The van der Waals surface area contributed by atoms with Crippen LogP contribution in [0.3, 0.4) is 0 Å². The smallest absolute Gasteiger partial charge is 0.0489 e. The summed E-state index contributed by atoms with van der Waals surface area (Å²) in [6, 6.07) is 7.19. The van der Waals surface area contributed by atoms with Gasteiger partial charge in [-0.2, -0.15) is 0 Å². The van der Waals surface area contributed by atoms with Crippen LogP contribution < -0.4 is 5.32 Å². The molecular formula is C17H26BrN. The highest BCUT2D eigenvalue weighted by Crippen LogP contribution is 2.32. The van der Waals surface area contributed by atoms with Gasteiger partial charge in [-0.05, 0) is 71.6 Å². The largest absolute Gasteiger partial charge is 0.381 e. The number of rotatable bonds is 4. The third kappa shape index (κ3) is 4.52. The molecule has 0 spiro atoms. The van der Waals surface area contributed by atoms with Crippen LogP contribution in [0.2, 0.25) is 0 Å². The van der Waals surface area contributed by atoms with Crippen LogP contribution in [0.1, 0.15) is 51.5 Å². The van der Waals surface area contributed by atoms with E-state index < -0.39 is 0 Å². The normalized spacial score (nSPS) is 23.6. The Hall–Kier alpha value is -0.500. The fourth-order valence-electron chi connectivity index (χ4n) is 3.27. The van der Waals surface area contributed by atoms with Crippen molar-refractivity contribution in [2.24, 2.45) is 11.8 Å². The Morgan fingerprint density at radius 1 is 1.32 bits per heavy atom. The molecule has 2 rings (SSSR count). The molecule has 1 nitrogen and oxygen atoms in total. The van der Waals surface area contributed by atoms with E-state index in [9.17, 15) is 0 Å². The van der Waals surface area contributed by atoms with Crippen LogP contribution in [-0.4, -0.2) is 6.04 Å². The number of benzene rings is 1. The van der Waals surface area contributed by atoms with E-state index in [1.54, 1.807) is 0 Å². The second kappa shape index (κ2) is 6.78. The standard InChI is InChI=1S/C17H26BrN/c1-12(2)9-14-5-4-6-15(11-14)19-17-10-13(3)7-8-16(17)18/h7-8,10,12,14-15,19H,4-6,9,11H2,1-3H3. The molecular weight excluding hydrogens is 298 g/mol. The highest BCUT2D eigenvalue weighted by Gasteiger charge is 2.22. The lowest BCUT2D eigenvalue weighted by Gasteiger charge is -2.31. The number of aryl methyl sites for hydroxylation is 1. The molecule has 0 aromatic heterocycles. The lowest BCUT2D eigenvalue weighted by Crippen LogP contribution is -2.28. The second-order valence-electron chi connectivity index (χ2n) is 6.49. The monoisotopic (exact) mass is 323 g/mol. The Labute approximate surface area is 126 Å². The molecule has 1 aromatic carbocycles. The molecule has 1 aliphatic carbocycles. The van der Waals surface area contributed by atoms with Crippen LogP contribution in [0.5, 0.6) is 0 Å². The molecule has 1 N–H and O–H groups in total. The summed E-state index contributed by atoms with van der Waals surface area (Å²) in [7, 11) is 0. The molecule has 0 heterocycles. The SMILES string of the molecule is Cc1ccc(Br)c(NC2CCCC(CC(C)C)C2)c1. The van der Waals surface area contributed by atoms with Crippen LogP contribution in [0.25, 0.3) is 0 Å². The third-order valence-electron chi connectivity index (χ3n) is 4.07. The molecule has 0 aliphatic heterocycles. The topological polar surface area (TPSA) is 12.0 Å². The summed E-state index contributed by atoms with van der Waals surface area (Å²) >= 11 is 3.65. The fraction of sp³-hybridized carbons (Fsp3) is 0.647. The summed E-state index contributed by atoms with van der Waals surface area (Å²) in [5, 5.41) is 3.75. The van der Waals surface area contributed by atoms with Crippen LogP contribution in [0.4, 0.5) is 5.69 Å². The molecule has 106 valence electrons. The quantitative estimate of drug-likeness (QED) is 0.741. The molecule has 19 heavy (non-hydrogen) atoms. The van der Waals surface area contributed by atoms with Gasteiger partial charge < -0.3 is 5.32 Å². The summed E-state index contributed by atoms with van der Waals surface area (Å²) in [5.74, 6) is 1.74. The van der Waals surface area contributed by atoms with E-state index in [4.69, 9.17) is 0 Å². The fourth-order valence-corrected chi connectivity index (χ4v) is 3.63. The summed E-state index contributed by atoms with van der Waals surface area (Å²) in [4.78, 5) is 0. The number of halogens is 1. The number of anilines is 1. The highest BCUT2D eigenvalue weighted by molar-refractivity contribution is 9.10. The molecule has 1 saturated carbocycles. The average molecular weight is 324 g/mol. The van der Waals surface area contributed by atoms with Crippen LogP contribution in [0, 0.1) is 18.8 Å². The molecule has 1 fully saturated rings. The molecule has 2 unspecified atom stereocenters. The Balaban J connectivity index is 1.96. The maximum atomic E-state index is 3.75. The zero-order valence-electron chi connectivity index (χ0n) is 12.4. The van der Waals surface area contributed by atoms with E-state index in [-0.39, 0.29) is 0 Å². The van der Waals surface area contributed by atoms with Gasteiger partial charge in [0.2, 0.25) is 0 Å². The van der Waals surface area contributed by atoms with Gasteiger partial charge in [-0.1, -0.05) is 32.8 Å². The van der Waals surface area contributed by atoms with Gasteiger partial charge in [-0.3, -0.25) is 0 Å². The van der Waals surface area contributed by atoms with E-state index in [1.807, 2.05) is 0 Å². The van der Waals surface area contributed by atoms with E-state index in [2.05, 4.69) is 60.2 Å². The van der Waals surface area contributed by atoms with Gasteiger partial charge in [-0.15, -0.1) is 0 Å². The first-order valence-corrected chi connectivity index (χ1v) is 8.36. The van der Waals surface area contributed by atoms with Crippen molar-refractivity contribution in [2.45, 2.75) is 58.9 Å². The summed E-state index contributed by atoms with van der Waals surface area (Å²) < 4.78 is 1.18. The molecule has 1 aliphatic rings. The van der Waals surface area contributed by atoms with Crippen molar-refractivity contribution in [3.63, 3.8) is 0 Å². The first kappa shape index (κ1) is 14.9. The van der Waals surface area contributed by atoms with Crippen molar-refractivity contribution >= 4 is 21.6 Å². The lowest BCUT2D eigenvalue weighted by atomic mass is 9.81. The average Bonchev–Trinajstić information content (AvgIpc) is 2.33. The zero-order valence-corrected chi connectivity index (χ0v) is 14.0. The van der Waals surface area contributed by atoms with E-state index in [1.165, 1.54) is 47.8 Å². The molecule has 0 saturated heterocycles. The van der Waals surface area contributed by atoms with E-state index in [0.717, 1.165) is 11.8 Å². The lowest BCUT2D eigenvalue weighted by molar-refractivity contribution is 0.289. The predicted molar refractivity (Wildman–Crippen MR) is 87.7 cm³/mol. The molecule has 0 amide bonds. The Bertz CT molecular complexity index is 414. The molecule has 2 heteroatoms. The maximum Gasteiger partial charge on any atom is 0.0489 e. The minimum atomic E-state index is 0.649. The van der Waals surface area contributed by atoms with E-state index >= 15 is 0 Å². The molecule has 1 aromatic rings. The maximum absolute atomic E-state index is 3.75. The Morgan fingerprint density at radius 3 is 2.84 bits per heavy atom.